The van der Waals surface area contributed by atoms with Crippen LogP contribution in [0.1, 0.15) is 30.1 Å². The lowest BCUT2D eigenvalue weighted by Gasteiger charge is -2.09. The van der Waals surface area contributed by atoms with E-state index in [9.17, 15) is 9.18 Å². The molecule has 0 aromatic heterocycles. The summed E-state index contributed by atoms with van der Waals surface area (Å²) in [6.45, 7) is 2.34. The van der Waals surface area contributed by atoms with Gasteiger partial charge in [-0.05, 0) is 12.5 Å². The summed E-state index contributed by atoms with van der Waals surface area (Å²) in [5.74, 6) is -1.91. The molecular weight excluding hydrogens is 213 g/mol. The predicted molar refractivity (Wildman–Crippen MR) is 58.2 cm³/mol. The minimum atomic E-state index is -1.20. The third kappa shape index (κ3) is 2.85. The molecule has 0 radical (unpaired) electrons. The molecule has 88 valence electrons. The van der Waals surface area contributed by atoms with Crippen LogP contribution < -0.4 is 10.5 Å². The second kappa shape index (κ2) is 5.34. The Morgan fingerprint density at radius 2 is 2.25 bits per heavy atom. The van der Waals surface area contributed by atoms with Gasteiger partial charge in [0.2, 0.25) is 0 Å². The maximum Gasteiger partial charge on any atom is 0.337 e. The fourth-order valence-electron chi connectivity index (χ4n) is 1.19. The molecule has 1 aromatic rings. The average Bonchev–Trinajstić information content (AvgIpc) is 2.21. The summed E-state index contributed by atoms with van der Waals surface area (Å²) in [6.07, 6.45) is 1.70. The van der Waals surface area contributed by atoms with Crippen LogP contribution in [-0.4, -0.2) is 17.7 Å². The van der Waals surface area contributed by atoms with E-state index in [1.165, 1.54) is 0 Å². The molecule has 0 amide bonds. The van der Waals surface area contributed by atoms with Crippen molar-refractivity contribution in [3.63, 3.8) is 0 Å². The molecule has 0 unspecified atom stereocenters. The number of nitrogen functional groups attached to an aromatic ring is 1. The summed E-state index contributed by atoms with van der Waals surface area (Å²) < 4.78 is 18.5. The van der Waals surface area contributed by atoms with Crippen molar-refractivity contribution in [2.75, 3.05) is 12.3 Å². The lowest BCUT2D eigenvalue weighted by Crippen LogP contribution is -2.06. The quantitative estimate of drug-likeness (QED) is 0.598. The second-order valence-electron chi connectivity index (χ2n) is 3.38. The third-order valence-corrected chi connectivity index (χ3v) is 2.09. The standard InChI is InChI=1S/C11H14FNO3/c1-2-3-4-16-10-5-7(11(14)15)9(13)6-8(10)12/h5-6H,2-4,13H2,1H3,(H,14,15). The van der Waals surface area contributed by atoms with Gasteiger partial charge in [0.1, 0.15) is 0 Å². The van der Waals surface area contributed by atoms with Crippen molar-refractivity contribution in [3.05, 3.63) is 23.5 Å². The molecule has 0 fully saturated rings. The highest BCUT2D eigenvalue weighted by molar-refractivity contribution is 5.94. The van der Waals surface area contributed by atoms with Gasteiger partial charge in [-0.3, -0.25) is 0 Å². The number of ether oxygens (including phenoxy) is 1. The van der Waals surface area contributed by atoms with Crippen LogP contribution in [0.4, 0.5) is 10.1 Å². The molecular formula is C11H14FNO3. The van der Waals surface area contributed by atoms with E-state index in [-0.39, 0.29) is 17.0 Å². The molecule has 3 N–H and O–H groups in total. The number of halogens is 1. The molecule has 1 aromatic carbocycles. The van der Waals surface area contributed by atoms with E-state index in [1.807, 2.05) is 6.92 Å². The summed E-state index contributed by atoms with van der Waals surface area (Å²) >= 11 is 0. The minimum absolute atomic E-state index is 0.0694. The first-order valence-corrected chi connectivity index (χ1v) is 5.01. The van der Waals surface area contributed by atoms with Crippen molar-refractivity contribution in [1.82, 2.24) is 0 Å². The van der Waals surface area contributed by atoms with Crippen LogP contribution in [-0.2, 0) is 0 Å². The predicted octanol–water partition coefficient (Wildman–Crippen LogP) is 2.29. The van der Waals surface area contributed by atoms with Crippen LogP contribution in [0.25, 0.3) is 0 Å². The molecule has 0 saturated heterocycles. The van der Waals surface area contributed by atoms with Gasteiger partial charge in [0, 0.05) is 11.8 Å². The number of hydrogen-bond acceptors (Lipinski definition) is 3. The second-order valence-corrected chi connectivity index (χ2v) is 3.38. The van der Waals surface area contributed by atoms with Gasteiger partial charge in [0.15, 0.2) is 11.6 Å². The van der Waals surface area contributed by atoms with Crippen LogP contribution in [0, 0.1) is 5.82 Å². The highest BCUT2D eigenvalue weighted by atomic mass is 19.1. The molecule has 0 aliphatic rings. The van der Waals surface area contributed by atoms with Crippen molar-refractivity contribution in [2.24, 2.45) is 0 Å². The van der Waals surface area contributed by atoms with Gasteiger partial charge < -0.3 is 15.6 Å². The third-order valence-electron chi connectivity index (χ3n) is 2.09. The summed E-state index contributed by atoms with van der Waals surface area (Å²) in [5.41, 5.74) is 5.12. The SMILES string of the molecule is CCCCOc1cc(C(=O)O)c(N)cc1F. The van der Waals surface area contributed by atoms with Crippen molar-refractivity contribution in [1.29, 1.82) is 0 Å². The Bertz CT molecular complexity index is 393. The van der Waals surface area contributed by atoms with Crippen molar-refractivity contribution < 1.29 is 19.0 Å². The van der Waals surface area contributed by atoms with Gasteiger partial charge in [0.25, 0.3) is 0 Å². The highest BCUT2D eigenvalue weighted by Crippen LogP contribution is 2.24. The number of anilines is 1. The van der Waals surface area contributed by atoms with Gasteiger partial charge >= 0.3 is 5.97 Å². The monoisotopic (exact) mass is 227 g/mol. The first-order valence-electron chi connectivity index (χ1n) is 5.01. The van der Waals surface area contributed by atoms with E-state index in [1.54, 1.807) is 0 Å². The van der Waals surface area contributed by atoms with Crippen LogP contribution in [0.2, 0.25) is 0 Å². The summed E-state index contributed by atoms with van der Waals surface area (Å²) in [4.78, 5) is 10.8. The smallest absolute Gasteiger partial charge is 0.337 e. The number of aromatic carboxylic acids is 1. The number of rotatable bonds is 5. The van der Waals surface area contributed by atoms with E-state index in [0.29, 0.717) is 6.61 Å². The number of carbonyl (C=O) groups is 1. The Kier molecular flexibility index (Phi) is 4.10. The van der Waals surface area contributed by atoms with E-state index in [4.69, 9.17) is 15.6 Å². The van der Waals surface area contributed by atoms with E-state index < -0.39 is 11.8 Å². The van der Waals surface area contributed by atoms with Crippen LogP contribution in [0.15, 0.2) is 12.1 Å². The molecule has 0 aliphatic carbocycles. The normalized spacial score (nSPS) is 10.1. The number of benzene rings is 1. The van der Waals surface area contributed by atoms with Crippen molar-refractivity contribution in [2.45, 2.75) is 19.8 Å². The first kappa shape index (κ1) is 12.3. The molecule has 4 nitrogen and oxygen atoms in total. The molecule has 16 heavy (non-hydrogen) atoms. The number of carboxylic acids is 1. The Hall–Kier alpha value is -1.78. The number of unbranched alkanes of at least 4 members (excludes halogenated alkanes) is 1. The lowest BCUT2D eigenvalue weighted by molar-refractivity contribution is 0.0697. The van der Waals surface area contributed by atoms with Crippen molar-refractivity contribution in [3.8, 4) is 5.75 Å². The zero-order valence-electron chi connectivity index (χ0n) is 9.00. The van der Waals surface area contributed by atoms with E-state index in [2.05, 4.69) is 0 Å². The van der Waals surface area contributed by atoms with E-state index in [0.717, 1.165) is 25.0 Å². The molecule has 0 spiro atoms. The molecule has 0 saturated carbocycles. The first-order chi connectivity index (χ1) is 7.56. The zero-order chi connectivity index (χ0) is 12.1. The number of nitrogens with two attached hydrogens (primary N) is 1. The van der Waals surface area contributed by atoms with Crippen LogP contribution >= 0.6 is 0 Å². The van der Waals surface area contributed by atoms with Crippen LogP contribution in [0.3, 0.4) is 0 Å². The molecule has 5 heteroatoms. The Morgan fingerprint density at radius 1 is 1.56 bits per heavy atom. The summed E-state index contributed by atoms with van der Waals surface area (Å²) in [7, 11) is 0. The molecule has 0 bridgehead atoms. The fourth-order valence-corrected chi connectivity index (χ4v) is 1.19. The minimum Gasteiger partial charge on any atom is -0.490 e. The fraction of sp³-hybridized carbons (Fsp3) is 0.364. The molecule has 0 heterocycles. The van der Waals surface area contributed by atoms with Gasteiger partial charge in [-0.1, -0.05) is 13.3 Å². The number of hydrogen-bond donors (Lipinski definition) is 2. The lowest BCUT2D eigenvalue weighted by atomic mass is 10.1. The largest absolute Gasteiger partial charge is 0.490 e. The topological polar surface area (TPSA) is 72.5 Å². The van der Waals surface area contributed by atoms with E-state index >= 15 is 0 Å². The zero-order valence-corrected chi connectivity index (χ0v) is 9.00. The van der Waals surface area contributed by atoms with Gasteiger partial charge in [-0.25, -0.2) is 9.18 Å². The van der Waals surface area contributed by atoms with Gasteiger partial charge in [-0.2, -0.15) is 0 Å². The Balaban J connectivity index is 2.91. The van der Waals surface area contributed by atoms with Gasteiger partial charge in [-0.15, -0.1) is 0 Å². The maximum atomic E-state index is 13.3. The van der Waals surface area contributed by atoms with Crippen molar-refractivity contribution >= 4 is 11.7 Å². The maximum absolute atomic E-state index is 13.3. The average molecular weight is 227 g/mol. The van der Waals surface area contributed by atoms with Gasteiger partial charge in [0.05, 0.1) is 12.2 Å². The molecule has 0 aliphatic heterocycles. The summed E-state index contributed by atoms with van der Waals surface area (Å²) in [5, 5.41) is 8.79. The molecule has 1 rings (SSSR count). The Labute approximate surface area is 92.8 Å². The Morgan fingerprint density at radius 3 is 2.81 bits per heavy atom. The molecule has 0 atom stereocenters. The highest BCUT2D eigenvalue weighted by Gasteiger charge is 2.13. The number of carboxylic acid groups (broad SMARTS) is 1. The summed E-state index contributed by atoms with van der Waals surface area (Å²) in [6, 6.07) is 2.08. The van der Waals surface area contributed by atoms with Crippen LogP contribution in [0.5, 0.6) is 5.75 Å².